The van der Waals surface area contributed by atoms with Gasteiger partial charge in [-0.15, -0.1) is 11.3 Å². The van der Waals surface area contributed by atoms with Gasteiger partial charge >= 0.3 is 0 Å². The maximum absolute atomic E-state index is 5.53. The summed E-state index contributed by atoms with van der Waals surface area (Å²) < 4.78 is 11.1. The van der Waals surface area contributed by atoms with Crippen LogP contribution in [0.5, 0.6) is 11.5 Å². The Bertz CT molecular complexity index is 543. The van der Waals surface area contributed by atoms with Crippen LogP contribution in [0.4, 0.5) is 0 Å². The van der Waals surface area contributed by atoms with Crippen molar-refractivity contribution in [2.45, 2.75) is 19.9 Å². The minimum atomic E-state index is 0.0797. The molecule has 1 heterocycles. The van der Waals surface area contributed by atoms with E-state index in [9.17, 15) is 0 Å². The Balaban J connectivity index is 2.53. The molecule has 0 fully saturated rings. The predicted molar refractivity (Wildman–Crippen MR) is 84.1 cm³/mol. The number of hydrogen-bond acceptors (Lipinski definition) is 4. The summed E-state index contributed by atoms with van der Waals surface area (Å²) in [6.07, 6.45) is 0. The van der Waals surface area contributed by atoms with Gasteiger partial charge in [-0.2, -0.15) is 0 Å². The number of hydrogen-bond donors (Lipinski definition) is 1. The fourth-order valence-electron chi connectivity index (χ4n) is 2.37. The van der Waals surface area contributed by atoms with Crippen molar-refractivity contribution in [2.24, 2.45) is 0 Å². The Kier molecular flexibility index (Phi) is 5.04. The van der Waals surface area contributed by atoms with Gasteiger partial charge in [-0.1, -0.05) is 13.0 Å². The molecule has 3 nitrogen and oxygen atoms in total. The number of benzene rings is 1. The summed E-state index contributed by atoms with van der Waals surface area (Å²) in [5.74, 6) is 1.69. The lowest BCUT2D eigenvalue weighted by molar-refractivity contribution is 0.377. The molecular weight excluding hydrogens is 270 g/mol. The van der Waals surface area contributed by atoms with E-state index in [-0.39, 0.29) is 6.04 Å². The molecule has 1 aromatic carbocycles. The number of nitrogens with one attached hydrogen (secondary N) is 1. The fraction of sp³-hybridized carbons (Fsp3) is 0.375. The number of thiophene rings is 1. The number of rotatable bonds is 6. The van der Waals surface area contributed by atoms with Crippen molar-refractivity contribution in [2.75, 3.05) is 20.8 Å². The number of ether oxygens (including phenoxy) is 2. The molecule has 1 atom stereocenters. The molecule has 0 spiro atoms. The van der Waals surface area contributed by atoms with Crippen LogP contribution >= 0.6 is 11.3 Å². The highest BCUT2D eigenvalue weighted by molar-refractivity contribution is 7.10. The van der Waals surface area contributed by atoms with Crippen molar-refractivity contribution >= 4 is 11.3 Å². The Morgan fingerprint density at radius 3 is 2.30 bits per heavy atom. The van der Waals surface area contributed by atoms with Crippen LogP contribution in [-0.2, 0) is 0 Å². The van der Waals surface area contributed by atoms with Crippen LogP contribution in [0.15, 0.2) is 29.6 Å². The van der Waals surface area contributed by atoms with E-state index in [1.807, 2.05) is 18.2 Å². The Morgan fingerprint density at radius 2 is 1.85 bits per heavy atom. The highest BCUT2D eigenvalue weighted by Gasteiger charge is 2.22. The predicted octanol–water partition coefficient (Wildman–Crippen LogP) is 3.77. The van der Waals surface area contributed by atoms with Crippen LogP contribution in [-0.4, -0.2) is 20.8 Å². The molecule has 0 aliphatic heterocycles. The molecule has 4 heteroatoms. The largest absolute Gasteiger partial charge is 0.496 e. The summed E-state index contributed by atoms with van der Waals surface area (Å²) in [6.45, 7) is 5.10. The molecule has 0 aliphatic rings. The lowest BCUT2D eigenvalue weighted by atomic mass is 9.98. The van der Waals surface area contributed by atoms with Gasteiger partial charge in [0.1, 0.15) is 11.5 Å². The van der Waals surface area contributed by atoms with Gasteiger partial charge in [0.2, 0.25) is 0 Å². The van der Waals surface area contributed by atoms with E-state index in [0.717, 1.165) is 23.6 Å². The van der Waals surface area contributed by atoms with Crippen LogP contribution in [0, 0.1) is 6.92 Å². The third-order valence-corrected chi connectivity index (χ3v) is 4.13. The van der Waals surface area contributed by atoms with Gasteiger partial charge in [0.15, 0.2) is 0 Å². The third-order valence-electron chi connectivity index (χ3n) is 3.25. The van der Waals surface area contributed by atoms with E-state index in [1.54, 1.807) is 25.6 Å². The summed E-state index contributed by atoms with van der Waals surface area (Å²) in [6, 6.07) is 8.19. The lowest BCUT2D eigenvalue weighted by Gasteiger charge is -2.22. The monoisotopic (exact) mass is 291 g/mol. The van der Waals surface area contributed by atoms with E-state index < -0.39 is 0 Å². The van der Waals surface area contributed by atoms with Crippen LogP contribution < -0.4 is 14.8 Å². The molecule has 0 amide bonds. The van der Waals surface area contributed by atoms with E-state index in [1.165, 1.54) is 10.4 Å². The van der Waals surface area contributed by atoms with Gasteiger partial charge in [0.05, 0.1) is 25.8 Å². The first-order valence-electron chi connectivity index (χ1n) is 6.70. The average Bonchev–Trinajstić information content (AvgIpc) is 2.90. The summed E-state index contributed by atoms with van der Waals surface area (Å²) in [5, 5.41) is 5.71. The van der Waals surface area contributed by atoms with E-state index >= 15 is 0 Å². The molecular formula is C16H21NO2S. The van der Waals surface area contributed by atoms with Crippen molar-refractivity contribution in [3.05, 3.63) is 45.6 Å². The second-order valence-corrected chi connectivity index (χ2v) is 5.67. The standard InChI is InChI=1S/C16H21NO2S/c1-5-17-16(12-9-11(2)20-10-12)15-13(18-3)7-6-8-14(15)19-4/h6-10,16-17H,5H2,1-4H3. The summed E-state index contributed by atoms with van der Waals surface area (Å²) >= 11 is 1.76. The van der Waals surface area contributed by atoms with Gasteiger partial charge in [0, 0.05) is 4.88 Å². The normalized spacial score (nSPS) is 12.2. The Morgan fingerprint density at radius 1 is 1.20 bits per heavy atom. The quantitative estimate of drug-likeness (QED) is 0.878. The molecule has 0 bridgehead atoms. The lowest BCUT2D eigenvalue weighted by Crippen LogP contribution is -2.22. The Labute approximate surface area is 124 Å². The van der Waals surface area contributed by atoms with E-state index in [4.69, 9.17) is 9.47 Å². The molecule has 0 aliphatic carbocycles. The van der Waals surface area contributed by atoms with E-state index in [2.05, 4.69) is 30.6 Å². The topological polar surface area (TPSA) is 30.5 Å². The van der Waals surface area contributed by atoms with Crippen LogP contribution in [0.25, 0.3) is 0 Å². The van der Waals surface area contributed by atoms with Gasteiger partial charge in [-0.3, -0.25) is 0 Å². The zero-order valence-electron chi connectivity index (χ0n) is 12.4. The van der Waals surface area contributed by atoms with Gasteiger partial charge in [-0.25, -0.2) is 0 Å². The summed E-state index contributed by atoms with van der Waals surface area (Å²) in [7, 11) is 3.39. The van der Waals surface area contributed by atoms with Crippen LogP contribution in [0.2, 0.25) is 0 Å². The first-order chi connectivity index (χ1) is 9.71. The van der Waals surface area contributed by atoms with Crippen LogP contribution in [0.3, 0.4) is 0 Å². The maximum Gasteiger partial charge on any atom is 0.127 e. The molecule has 1 aromatic heterocycles. The second-order valence-electron chi connectivity index (χ2n) is 4.56. The molecule has 1 N–H and O–H groups in total. The third kappa shape index (κ3) is 2.97. The van der Waals surface area contributed by atoms with E-state index in [0.29, 0.717) is 0 Å². The SMILES string of the molecule is CCNC(c1csc(C)c1)c1c(OC)cccc1OC. The molecule has 20 heavy (non-hydrogen) atoms. The molecule has 108 valence electrons. The van der Waals surface area contributed by atoms with Crippen molar-refractivity contribution in [3.8, 4) is 11.5 Å². The molecule has 0 saturated heterocycles. The summed E-state index contributed by atoms with van der Waals surface area (Å²) in [4.78, 5) is 1.30. The van der Waals surface area contributed by atoms with Gasteiger partial charge in [-0.05, 0) is 42.6 Å². The van der Waals surface area contributed by atoms with Crippen molar-refractivity contribution in [1.29, 1.82) is 0 Å². The molecule has 0 radical (unpaired) electrons. The molecule has 0 saturated carbocycles. The highest BCUT2D eigenvalue weighted by Crippen LogP contribution is 2.38. The average molecular weight is 291 g/mol. The van der Waals surface area contributed by atoms with Crippen molar-refractivity contribution in [3.63, 3.8) is 0 Å². The number of aryl methyl sites for hydroxylation is 1. The summed E-state index contributed by atoms with van der Waals surface area (Å²) in [5.41, 5.74) is 2.30. The second kappa shape index (κ2) is 6.77. The van der Waals surface area contributed by atoms with Gasteiger partial charge < -0.3 is 14.8 Å². The minimum Gasteiger partial charge on any atom is -0.496 e. The smallest absolute Gasteiger partial charge is 0.127 e. The molecule has 2 rings (SSSR count). The maximum atomic E-state index is 5.53. The number of methoxy groups -OCH3 is 2. The highest BCUT2D eigenvalue weighted by atomic mass is 32.1. The minimum absolute atomic E-state index is 0.0797. The zero-order chi connectivity index (χ0) is 14.5. The first-order valence-corrected chi connectivity index (χ1v) is 7.58. The molecule has 2 aromatic rings. The van der Waals surface area contributed by atoms with Crippen LogP contribution in [0.1, 0.15) is 29.0 Å². The molecule has 1 unspecified atom stereocenters. The van der Waals surface area contributed by atoms with Gasteiger partial charge in [0.25, 0.3) is 0 Å². The first kappa shape index (κ1) is 14.9. The van der Waals surface area contributed by atoms with Crippen molar-refractivity contribution < 1.29 is 9.47 Å². The fourth-order valence-corrected chi connectivity index (χ4v) is 3.10. The van der Waals surface area contributed by atoms with Crippen molar-refractivity contribution in [1.82, 2.24) is 5.32 Å². The zero-order valence-corrected chi connectivity index (χ0v) is 13.2. The Hall–Kier alpha value is -1.52.